The molecule has 0 bridgehead atoms. The van der Waals surface area contributed by atoms with E-state index in [9.17, 15) is 4.79 Å². The number of aryl methyl sites for hydroxylation is 1. The molecule has 0 radical (unpaired) electrons. The van der Waals surface area contributed by atoms with Crippen molar-refractivity contribution >= 4 is 5.91 Å². The second-order valence-corrected chi connectivity index (χ2v) is 4.33. The van der Waals surface area contributed by atoms with E-state index >= 15 is 0 Å². The molecule has 100 valence electrons. The predicted molar refractivity (Wildman–Crippen MR) is 68.3 cm³/mol. The van der Waals surface area contributed by atoms with E-state index < -0.39 is 0 Å². The molecule has 19 heavy (non-hydrogen) atoms. The van der Waals surface area contributed by atoms with Gasteiger partial charge in [-0.1, -0.05) is 5.16 Å². The second-order valence-electron chi connectivity index (χ2n) is 4.33. The average Bonchev–Trinajstić information content (AvgIpc) is 2.82. The number of pyridine rings is 1. The highest BCUT2D eigenvalue weighted by Crippen LogP contribution is 2.02. The van der Waals surface area contributed by atoms with Gasteiger partial charge in [0.05, 0.1) is 0 Å². The number of rotatable bonds is 5. The number of hydrogen-bond donors (Lipinski definition) is 0. The first-order chi connectivity index (χ1) is 9.15. The van der Waals surface area contributed by atoms with E-state index in [2.05, 4.69) is 15.1 Å². The molecule has 0 N–H and O–H groups in total. The molecule has 0 spiro atoms. The Balaban J connectivity index is 1.82. The fourth-order valence-corrected chi connectivity index (χ4v) is 1.65. The van der Waals surface area contributed by atoms with Crippen LogP contribution < -0.4 is 0 Å². The van der Waals surface area contributed by atoms with Gasteiger partial charge in [-0.05, 0) is 31.0 Å². The predicted octanol–water partition coefficient (Wildman–Crippen LogP) is 1.02. The van der Waals surface area contributed by atoms with E-state index in [0.29, 0.717) is 18.3 Å². The fourth-order valence-electron chi connectivity index (χ4n) is 1.65. The second kappa shape index (κ2) is 6.08. The smallest absolute Gasteiger partial charge is 0.236 e. The molecule has 1 amide bonds. The molecule has 6 heteroatoms. The first-order valence-corrected chi connectivity index (χ1v) is 6.07. The van der Waals surface area contributed by atoms with Crippen LogP contribution in [0.5, 0.6) is 0 Å². The molecule has 2 heterocycles. The first kappa shape index (κ1) is 13.2. The topological polar surface area (TPSA) is 72.1 Å². The summed E-state index contributed by atoms with van der Waals surface area (Å²) in [5.41, 5.74) is 1.16. The normalized spacial score (nSPS) is 10.4. The van der Waals surface area contributed by atoms with Crippen LogP contribution in [0, 0.1) is 6.92 Å². The summed E-state index contributed by atoms with van der Waals surface area (Å²) in [5, 5.41) is 3.66. The molecular formula is C13H16N4O2. The Morgan fingerprint density at radius 1 is 1.37 bits per heavy atom. The van der Waals surface area contributed by atoms with Gasteiger partial charge >= 0.3 is 0 Å². The van der Waals surface area contributed by atoms with Crippen LogP contribution in [0.1, 0.15) is 17.3 Å². The third-order valence-electron chi connectivity index (χ3n) is 2.78. The van der Waals surface area contributed by atoms with Gasteiger partial charge in [0.15, 0.2) is 5.82 Å². The Kier molecular flexibility index (Phi) is 4.22. The molecule has 0 aromatic carbocycles. The summed E-state index contributed by atoms with van der Waals surface area (Å²) < 4.78 is 4.93. The van der Waals surface area contributed by atoms with Gasteiger partial charge in [0.2, 0.25) is 11.8 Å². The van der Waals surface area contributed by atoms with Gasteiger partial charge in [-0.2, -0.15) is 4.98 Å². The zero-order valence-corrected chi connectivity index (χ0v) is 11.0. The van der Waals surface area contributed by atoms with Crippen LogP contribution in [-0.4, -0.2) is 39.5 Å². The van der Waals surface area contributed by atoms with Crippen molar-refractivity contribution in [2.45, 2.75) is 19.8 Å². The Morgan fingerprint density at radius 2 is 2.11 bits per heavy atom. The summed E-state index contributed by atoms with van der Waals surface area (Å²) in [5.74, 6) is 0.873. The molecule has 2 aromatic heterocycles. The van der Waals surface area contributed by atoms with Crippen LogP contribution in [0.25, 0.3) is 0 Å². The molecule has 0 fully saturated rings. The maximum atomic E-state index is 11.9. The Morgan fingerprint density at radius 3 is 2.74 bits per heavy atom. The third kappa shape index (κ3) is 3.87. The number of likely N-dealkylation sites (N-methyl/N-ethyl adjacent to an activating group) is 1. The molecule has 2 rings (SSSR count). The van der Waals surface area contributed by atoms with Crippen LogP contribution in [-0.2, 0) is 17.6 Å². The Hall–Kier alpha value is -2.24. The van der Waals surface area contributed by atoms with Crippen molar-refractivity contribution in [3.63, 3.8) is 0 Å². The van der Waals surface area contributed by atoms with E-state index in [0.717, 1.165) is 12.0 Å². The summed E-state index contributed by atoms with van der Waals surface area (Å²) in [6.45, 7) is 2.38. The van der Waals surface area contributed by atoms with Crippen molar-refractivity contribution in [1.82, 2.24) is 20.0 Å². The Bertz CT molecular complexity index is 539. The van der Waals surface area contributed by atoms with Gasteiger partial charge in [0.25, 0.3) is 0 Å². The van der Waals surface area contributed by atoms with Gasteiger partial charge in [0, 0.05) is 26.0 Å². The minimum Gasteiger partial charge on any atom is -0.345 e. The van der Waals surface area contributed by atoms with E-state index in [1.54, 1.807) is 31.3 Å². The van der Waals surface area contributed by atoms with Gasteiger partial charge < -0.3 is 9.42 Å². The van der Waals surface area contributed by atoms with Gasteiger partial charge in [-0.3, -0.25) is 9.78 Å². The first-order valence-electron chi connectivity index (χ1n) is 6.07. The average molecular weight is 260 g/mol. The quantitative estimate of drug-likeness (QED) is 0.802. The van der Waals surface area contributed by atoms with Gasteiger partial charge in [-0.15, -0.1) is 0 Å². The monoisotopic (exact) mass is 260 g/mol. The molecule has 0 aliphatic carbocycles. The minimum absolute atomic E-state index is 0.0299. The van der Waals surface area contributed by atoms with E-state index in [4.69, 9.17) is 4.52 Å². The lowest BCUT2D eigenvalue weighted by atomic mass is 10.2. The van der Waals surface area contributed by atoms with Crippen molar-refractivity contribution in [2.24, 2.45) is 0 Å². The largest absolute Gasteiger partial charge is 0.345 e. The fraction of sp³-hybridized carbons (Fsp3) is 0.385. The summed E-state index contributed by atoms with van der Waals surface area (Å²) in [4.78, 5) is 21.6. The molecule has 6 nitrogen and oxygen atoms in total. The number of carbonyl (C=O) groups excluding carboxylic acids is 1. The highest BCUT2D eigenvalue weighted by molar-refractivity contribution is 5.77. The lowest BCUT2D eigenvalue weighted by Gasteiger charge is -2.15. The summed E-state index contributed by atoms with van der Waals surface area (Å²) in [6, 6.07) is 3.89. The van der Waals surface area contributed by atoms with Crippen molar-refractivity contribution in [1.29, 1.82) is 0 Å². The molecule has 0 aliphatic heterocycles. The Labute approximate surface area is 111 Å². The van der Waals surface area contributed by atoms with E-state index in [1.165, 1.54) is 0 Å². The standard InChI is InChI=1S/C13H16N4O2/c1-10-15-12(19-16-10)9-13(18)17(2)8-5-11-3-6-14-7-4-11/h3-4,6-7H,5,8-9H2,1-2H3. The van der Waals surface area contributed by atoms with Gasteiger partial charge in [-0.25, -0.2) is 0 Å². The van der Waals surface area contributed by atoms with E-state index in [1.807, 2.05) is 12.1 Å². The highest BCUT2D eigenvalue weighted by atomic mass is 16.5. The molecular weight excluding hydrogens is 244 g/mol. The number of carbonyl (C=O) groups is 1. The molecule has 2 aromatic rings. The maximum Gasteiger partial charge on any atom is 0.236 e. The lowest BCUT2D eigenvalue weighted by molar-refractivity contribution is -0.129. The number of amides is 1. The maximum absolute atomic E-state index is 11.9. The van der Waals surface area contributed by atoms with Crippen molar-refractivity contribution < 1.29 is 9.32 Å². The highest BCUT2D eigenvalue weighted by Gasteiger charge is 2.13. The van der Waals surface area contributed by atoms with Crippen LogP contribution in [0.2, 0.25) is 0 Å². The number of aromatic nitrogens is 3. The molecule has 0 unspecified atom stereocenters. The molecule has 0 aliphatic rings. The number of hydrogen-bond acceptors (Lipinski definition) is 5. The van der Waals surface area contributed by atoms with Crippen LogP contribution in [0.4, 0.5) is 0 Å². The van der Waals surface area contributed by atoms with Crippen LogP contribution in [0.3, 0.4) is 0 Å². The summed E-state index contributed by atoms with van der Waals surface area (Å²) >= 11 is 0. The minimum atomic E-state index is -0.0299. The van der Waals surface area contributed by atoms with Crippen LogP contribution in [0.15, 0.2) is 29.0 Å². The zero-order valence-electron chi connectivity index (χ0n) is 11.0. The zero-order chi connectivity index (χ0) is 13.7. The van der Waals surface area contributed by atoms with Crippen molar-refractivity contribution in [3.05, 3.63) is 41.8 Å². The third-order valence-corrected chi connectivity index (χ3v) is 2.78. The summed E-state index contributed by atoms with van der Waals surface area (Å²) in [7, 11) is 1.77. The SMILES string of the molecule is Cc1noc(CC(=O)N(C)CCc2ccncc2)n1. The number of nitrogens with zero attached hydrogens (tertiary/aromatic N) is 4. The summed E-state index contributed by atoms with van der Waals surface area (Å²) in [6.07, 6.45) is 4.44. The molecule has 0 saturated carbocycles. The van der Waals surface area contributed by atoms with Crippen molar-refractivity contribution in [2.75, 3.05) is 13.6 Å². The lowest BCUT2D eigenvalue weighted by Crippen LogP contribution is -2.30. The van der Waals surface area contributed by atoms with Crippen LogP contribution >= 0.6 is 0 Å². The van der Waals surface area contributed by atoms with Gasteiger partial charge in [0.1, 0.15) is 6.42 Å². The molecule has 0 saturated heterocycles. The molecule has 0 atom stereocenters. The van der Waals surface area contributed by atoms with E-state index in [-0.39, 0.29) is 12.3 Å². The van der Waals surface area contributed by atoms with Crippen molar-refractivity contribution in [3.8, 4) is 0 Å².